The molecule has 2 aliphatic rings. The molecule has 0 radical (unpaired) electrons. The van der Waals surface area contributed by atoms with Crippen LogP contribution in [0.25, 0.3) is 10.9 Å². The number of ether oxygens (including phenoxy) is 1. The number of carbonyl (C=O) groups excluding carboxylic acids is 5. The molecule has 3 aromatic carbocycles. The molecular weight excluding hydrogens is 771 g/mol. The maximum absolute atomic E-state index is 14.5. The molecule has 4 aromatic rings. The first kappa shape index (κ1) is 44.9. The van der Waals surface area contributed by atoms with Gasteiger partial charge in [0.2, 0.25) is 17.7 Å². The van der Waals surface area contributed by atoms with Gasteiger partial charge in [-0.05, 0) is 82.2 Å². The Labute approximate surface area is 359 Å². The van der Waals surface area contributed by atoms with E-state index in [2.05, 4.69) is 25.8 Å². The van der Waals surface area contributed by atoms with E-state index in [9.17, 15) is 24.0 Å². The summed E-state index contributed by atoms with van der Waals surface area (Å²) in [5.41, 5.74) is 7.76. The third-order valence-corrected chi connectivity index (χ3v) is 11.6. The number of rotatable bonds is 17. The lowest BCUT2D eigenvalue weighted by molar-refractivity contribution is -0.155. The fourth-order valence-corrected chi connectivity index (χ4v) is 8.74. The number of benzene rings is 3. The highest BCUT2D eigenvalue weighted by Crippen LogP contribution is 2.39. The summed E-state index contributed by atoms with van der Waals surface area (Å²) in [4.78, 5) is 77.2. The maximum Gasteiger partial charge on any atom is 0.320 e. The number of hydrogen-bond donors (Lipinski definition) is 4. The van der Waals surface area contributed by atoms with Crippen LogP contribution in [-0.4, -0.2) is 101 Å². The van der Waals surface area contributed by atoms with Gasteiger partial charge in [0.1, 0.15) is 17.8 Å². The van der Waals surface area contributed by atoms with Crippen molar-refractivity contribution in [3.05, 3.63) is 114 Å². The number of fused-ring (bicyclic) bond motifs is 2. The van der Waals surface area contributed by atoms with Crippen LogP contribution >= 0.6 is 0 Å². The number of nitrogens with one attached hydrogen (secondary N) is 3. The minimum atomic E-state index is -1.37. The van der Waals surface area contributed by atoms with Gasteiger partial charge in [-0.25, -0.2) is 4.98 Å². The third-order valence-electron chi connectivity index (χ3n) is 11.6. The van der Waals surface area contributed by atoms with Crippen molar-refractivity contribution in [2.75, 3.05) is 26.7 Å². The minimum Gasteiger partial charge on any atom is -0.458 e. The molecule has 0 spiro atoms. The van der Waals surface area contributed by atoms with Gasteiger partial charge in [0.15, 0.2) is 0 Å². The first-order chi connectivity index (χ1) is 29.2. The van der Waals surface area contributed by atoms with Gasteiger partial charge in [-0.1, -0.05) is 104 Å². The summed E-state index contributed by atoms with van der Waals surface area (Å²) in [6.07, 6.45) is 3.86. The van der Waals surface area contributed by atoms with Crippen LogP contribution in [-0.2, 0) is 36.9 Å². The number of nitrogens with zero attached hydrogens (tertiary/aromatic N) is 3. The van der Waals surface area contributed by atoms with Crippen molar-refractivity contribution in [3.8, 4) is 0 Å². The van der Waals surface area contributed by atoms with Gasteiger partial charge >= 0.3 is 5.97 Å². The van der Waals surface area contributed by atoms with Crippen molar-refractivity contribution in [3.63, 3.8) is 0 Å². The molecule has 1 aromatic heterocycles. The molecule has 2 heterocycles. The van der Waals surface area contributed by atoms with Crippen molar-refractivity contribution in [1.82, 2.24) is 30.7 Å². The van der Waals surface area contributed by atoms with E-state index in [-0.39, 0.29) is 31.1 Å². The van der Waals surface area contributed by atoms with E-state index in [4.69, 9.17) is 10.5 Å². The zero-order valence-electron chi connectivity index (χ0n) is 35.8. The Morgan fingerprint density at radius 1 is 0.852 bits per heavy atom. The van der Waals surface area contributed by atoms with Crippen molar-refractivity contribution in [1.29, 1.82) is 0 Å². The van der Waals surface area contributed by atoms with Crippen LogP contribution in [0, 0.1) is 11.8 Å². The summed E-state index contributed by atoms with van der Waals surface area (Å²) in [6, 6.07) is 27.3. The molecule has 4 amide bonds. The van der Waals surface area contributed by atoms with Gasteiger partial charge in [-0.15, -0.1) is 0 Å². The highest BCUT2D eigenvalue weighted by Gasteiger charge is 2.43. The predicted molar refractivity (Wildman–Crippen MR) is 235 cm³/mol. The molecule has 1 saturated carbocycles. The second kappa shape index (κ2) is 20.7. The Kier molecular flexibility index (Phi) is 15.3. The summed E-state index contributed by atoms with van der Waals surface area (Å²) < 4.78 is 6.46. The highest BCUT2D eigenvalue weighted by atomic mass is 16.5. The molecule has 324 valence electrons. The summed E-state index contributed by atoms with van der Waals surface area (Å²) in [5.74, 6) is -1.92. The topological polar surface area (TPSA) is 176 Å². The van der Waals surface area contributed by atoms with Gasteiger partial charge in [-0.3, -0.25) is 33.8 Å². The van der Waals surface area contributed by atoms with E-state index < -0.39 is 59.9 Å². The molecule has 5 N–H and O–H groups in total. The van der Waals surface area contributed by atoms with Crippen LogP contribution in [0.3, 0.4) is 0 Å². The zero-order chi connectivity index (χ0) is 43.5. The van der Waals surface area contributed by atoms with E-state index in [0.29, 0.717) is 36.9 Å². The van der Waals surface area contributed by atoms with Crippen molar-refractivity contribution in [2.24, 2.45) is 17.6 Å². The number of pyridine rings is 1. The number of amides is 4. The molecule has 1 aliphatic carbocycles. The standard InChI is InChI=1S/C48H61N7O6/c1-48(2,3)53-47(60)41-26-35-20-11-12-21-36(35)29-55(41)30-42(61-44(57)31-54(4)28-33-17-9-6-10-18-33)39(25-32-15-7-5-8-16-32)51-46(59)40(27-43(49)56)52-45(58)38-24-23-34-19-13-14-22-37(34)50-38/h5-10,13-19,22-24,35-36,39-42H,11-12,20-21,25-31H2,1-4H3,(H2,49,56)(H,51,59)(H,52,58)(H,53,60)/t35-,36+,39-,40-,41-,42+/m0/s1. The van der Waals surface area contributed by atoms with E-state index in [1.54, 1.807) is 18.2 Å². The SMILES string of the molecule is CN(CC(=O)O[C@H](CN1C[C@H]2CCCC[C@H]2C[C@H]1C(=O)NC(C)(C)C)[C@H](Cc1ccccc1)NC(=O)[C@H](CC(N)=O)NC(=O)c1ccc2ccccc2n1)Cc1ccccc1. The van der Waals surface area contributed by atoms with Crippen molar-refractivity contribution < 1.29 is 28.7 Å². The van der Waals surface area contributed by atoms with Crippen LogP contribution < -0.4 is 21.7 Å². The lowest BCUT2D eigenvalue weighted by Crippen LogP contribution is -2.61. The Morgan fingerprint density at radius 3 is 2.20 bits per heavy atom. The highest BCUT2D eigenvalue weighted by molar-refractivity contribution is 5.99. The van der Waals surface area contributed by atoms with E-state index in [1.165, 1.54) is 0 Å². The third kappa shape index (κ3) is 13.2. The molecule has 0 bridgehead atoms. The fraction of sp³-hybridized carbons (Fsp3) is 0.458. The fourth-order valence-electron chi connectivity index (χ4n) is 8.74. The Morgan fingerprint density at radius 2 is 1.51 bits per heavy atom. The number of likely N-dealkylation sites (tertiary alicyclic amines) is 1. The van der Waals surface area contributed by atoms with Gasteiger partial charge in [0, 0.05) is 30.6 Å². The summed E-state index contributed by atoms with van der Waals surface area (Å²) in [6.45, 7) is 7.15. The first-order valence-corrected chi connectivity index (χ1v) is 21.5. The van der Waals surface area contributed by atoms with E-state index in [1.807, 2.05) is 112 Å². The van der Waals surface area contributed by atoms with Gasteiger partial charge < -0.3 is 26.4 Å². The van der Waals surface area contributed by atoms with Crippen LogP contribution in [0.5, 0.6) is 0 Å². The van der Waals surface area contributed by atoms with E-state index >= 15 is 0 Å². The van der Waals surface area contributed by atoms with Gasteiger partial charge in [0.25, 0.3) is 5.91 Å². The molecule has 2 fully saturated rings. The van der Waals surface area contributed by atoms with Crippen molar-refractivity contribution >= 4 is 40.5 Å². The number of carbonyl (C=O) groups is 5. The monoisotopic (exact) mass is 831 g/mol. The average Bonchev–Trinajstić information content (AvgIpc) is 3.22. The summed E-state index contributed by atoms with van der Waals surface area (Å²) >= 11 is 0. The Hall–Kier alpha value is -5.66. The number of nitrogens with two attached hydrogens (primary N) is 1. The Bertz CT molecular complexity index is 2130. The number of likely N-dealkylation sites (N-methyl/N-ethyl adjacent to an activating group) is 1. The summed E-state index contributed by atoms with van der Waals surface area (Å²) in [7, 11) is 1.84. The number of primary amides is 1. The lowest BCUT2D eigenvalue weighted by Gasteiger charge is -2.47. The second-order valence-electron chi connectivity index (χ2n) is 17.8. The normalized spacial score (nSPS) is 19.5. The van der Waals surface area contributed by atoms with Gasteiger partial charge in [-0.2, -0.15) is 0 Å². The maximum atomic E-state index is 14.5. The molecule has 13 nitrogen and oxygen atoms in total. The quantitative estimate of drug-likeness (QED) is 0.109. The molecule has 6 atom stereocenters. The lowest BCUT2D eigenvalue weighted by atomic mass is 9.72. The summed E-state index contributed by atoms with van der Waals surface area (Å²) in [5, 5.41) is 9.82. The molecular formula is C48H61N7O6. The van der Waals surface area contributed by atoms with Crippen LogP contribution in [0.1, 0.15) is 80.9 Å². The molecule has 61 heavy (non-hydrogen) atoms. The number of piperidine rings is 1. The predicted octanol–water partition coefficient (Wildman–Crippen LogP) is 4.78. The van der Waals surface area contributed by atoms with Crippen LogP contribution in [0.4, 0.5) is 0 Å². The largest absolute Gasteiger partial charge is 0.458 e. The Balaban J connectivity index is 1.31. The minimum absolute atomic E-state index is 0.0326. The zero-order valence-corrected chi connectivity index (χ0v) is 35.8. The van der Waals surface area contributed by atoms with Crippen molar-refractivity contribution in [2.45, 2.75) is 102 Å². The molecule has 13 heteroatoms. The molecule has 0 unspecified atom stereocenters. The van der Waals surface area contributed by atoms with Crippen LogP contribution in [0.15, 0.2) is 97.1 Å². The van der Waals surface area contributed by atoms with E-state index in [0.717, 1.165) is 42.2 Å². The van der Waals surface area contributed by atoms with Gasteiger partial charge in [0.05, 0.1) is 30.6 Å². The number of para-hydroxylation sites is 1. The smallest absolute Gasteiger partial charge is 0.320 e. The molecule has 1 saturated heterocycles. The van der Waals surface area contributed by atoms with Crippen LogP contribution in [0.2, 0.25) is 0 Å². The molecule has 1 aliphatic heterocycles. The average molecular weight is 832 g/mol. The number of aromatic nitrogens is 1. The first-order valence-electron chi connectivity index (χ1n) is 21.5. The number of hydrogen-bond acceptors (Lipinski definition) is 9. The second-order valence-corrected chi connectivity index (χ2v) is 17.8. The number of esters is 1. The molecule has 6 rings (SSSR count).